The van der Waals surface area contributed by atoms with Crippen LogP contribution in [-0.2, 0) is 6.18 Å². The molecule has 2 rings (SSSR count). The monoisotopic (exact) mass is 380 g/mol. The molecule has 134 valence electrons. The molecule has 0 saturated carbocycles. The normalized spacial score (nSPS) is 23.4. The second kappa shape index (κ2) is 6.25. The first kappa shape index (κ1) is 19.1. The van der Waals surface area contributed by atoms with Gasteiger partial charge in [-0.05, 0) is 19.1 Å². The van der Waals surface area contributed by atoms with E-state index >= 15 is 0 Å². The summed E-state index contributed by atoms with van der Waals surface area (Å²) in [5.41, 5.74) is -3.34. The van der Waals surface area contributed by atoms with Crippen LogP contribution in [0.15, 0.2) is 28.4 Å². The van der Waals surface area contributed by atoms with Crippen molar-refractivity contribution in [3.8, 4) is 0 Å². The van der Waals surface area contributed by atoms with E-state index in [1.165, 1.54) is 13.0 Å². The number of alkyl halides is 6. The van der Waals surface area contributed by atoms with Crippen LogP contribution in [0.5, 0.6) is 0 Å². The van der Waals surface area contributed by atoms with Crippen LogP contribution < -0.4 is 5.32 Å². The number of anilines is 1. The van der Waals surface area contributed by atoms with E-state index in [-0.39, 0.29) is 10.7 Å². The second-order valence-corrected chi connectivity index (χ2v) is 5.95. The molecule has 1 heterocycles. The lowest BCUT2D eigenvalue weighted by Crippen LogP contribution is -2.39. The van der Waals surface area contributed by atoms with Crippen molar-refractivity contribution in [3.05, 3.63) is 35.2 Å². The van der Waals surface area contributed by atoms with Crippen molar-refractivity contribution in [3.63, 3.8) is 0 Å². The number of azo groups is 1. The molecular weight excluding hydrogens is 370 g/mol. The number of nitrogens with one attached hydrogen (secondary N) is 1. The fourth-order valence-electron chi connectivity index (χ4n) is 2.18. The minimum absolute atomic E-state index is 0.100. The summed E-state index contributed by atoms with van der Waals surface area (Å²) in [6, 6.07) is 0.812. The van der Waals surface area contributed by atoms with Gasteiger partial charge in [0.05, 0.1) is 12.1 Å². The molecule has 0 radical (unpaired) electrons. The summed E-state index contributed by atoms with van der Waals surface area (Å²) in [6.07, 6.45) is -9.86. The van der Waals surface area contributed by atoms with Crippen molar-refractivity contribution in [2.45, 2.75) is 37.3 Å². The number of rotatable bonds is 2. The molecule has 0 amide bonds. The van der Waals surface area contributed by atoms with Crippen molar-refractivity contribution < 1.29 is 26.3 Å². The summed E-state index contributed by atoms with van der Waals surface area (Å²) >= 11 is 5.01. The number of hydrogen-bond acceptors (Lipinski definition) is 3. The van der Waals surface area contributed by atoms with Crippen molar-refractivity contribution >= 4 is 28.6 Å². The third-order valence-electron chi connectivity index (χ3n) is 3.56. The maximum absolute atomic E-state index is 12.9. The van der Waals surface area contributed by atoms with Crippen molar-refractivity contribution in [1.82, 2.24) is 0 Å². The van der Waals surface area contributed by atoms with Crippen LogP contribution in [0, 0.1) is 6.57 Å². The predicted molar refractivity (Wildman–Crippen MR) is 81.6 cm³/mol. The summed E-state index contributed by atoms with van der Waals surface area (Å²) in [4.78, 5) is 2.61. The minimum atomic E-state index is -4.75. The average Bonchev–Trinajstić information content (AvgIpc) is 2.90. The number of benzene rings is 1. The molecule has 0 spiro atoms. The van der Waals surface area contributed by atoms with Gasteiger partial charge in [0.2, 0.25) is 0 Å². The Hall–Kier alpha value is -2.22. The highest BCUT2D eigenvalue weighted by Gasteiger charge is 2.50. The first-order valence-electron chi connectivity index (χ1n) is 6.76. The van der Waals surface area contributed by atoms with E-state index in [0.29, 0.717) is 6.07 Å². The van der Waals surface area contributed by atoms with E-state index in [9.17, 15) is 26.3 Å². The quantitative estimate of drug-likeness (QED) is 0.416. The second-order valence-electron chi connectivity index (χ2n) is 5.55. The van der Waals surface area contributed by atoms with Gasteiger partial charge in [0.15, 0.2) is 11.7 Å². The molecule has 1 aromatic carbocycles. The third-order valence-corrected chi connectivity index (χ3v) is 4.10. The number of halogens is 6. The molecule has 0 fully saturated rings. The molecular formula is C14H10F6N4S. The molecule has 1 aromatic rings. The first-order chi connectivity index (χ1) is 11.4. The number of thiocarbonyl (C=S) groups is 1. The lowest BCUT2D eigenvalue weighted by atomic mass is 9.95. The lowest BCUT2D eigenvalue weighted by Gasteiger charge is -2.23. The molecule has 0 saturated heterocycles. The van der Waals surface area contributed by atoms with Crippen molar-refractivity contribution in [1.29, 1.82) is 0 Å². The van der Waals surface area contributed by atoms with Gasteiger partial charge in [-0.25, -0.2) is 4.85 Å². The molecule has 1 aliphatic rings. The molecule has 4 nitrogen and oxygen atoms in total. The topological polar surface area (TPSA) is 41.1 Å². The molecule has 1 aliphatic heterocycles. The van der Waals surface area contributed by atoms with Crippen LogP contribution in [-0.4, -0.2) is 22.7 Å². The Labute approximate surface area is 143 Å². The Balaban J connectivity index is 2.22. The van der Waals surface area contributed by atoms with Crippen LogP contribution in [0.4, 0.5) is 37.7 Å². The average molecular weight is 380 g/mol. The molecule has 0 bridgehead atoms. The number of hydrogen-bond donors (Lipinski definition) is 1. The predicted octanol–water partition coefficient (Wildman–Crippen LogP) is 5.54. The third kappa shape index (κ3) is 4.07. The van der Waals surface area contributed by atoms with E-state index in [4.69, 9.17) is 18.8 Å². The zero-order valence-electron chi connectivity index (χ0n) is 12.5. The van der Waals surface area contributed by atoms with Gasteiger partial charge >= 0.3 is 12.4 Å². The van der Waals surface area contributed by atoms with Gasteiger partial charge < -0.3 is 5.32 Å². The zero-order valence-corrected chi connectivity index (χ0v) is 13.4. The van der Waals surface area contributed by atoms with E-state index in [2.05, 4.69) is 20.4 Å². The molecule has 11 heteroatoms. The van der Waals surface area contributed by atoms with Crippen LogP contribution in [0.2, 0.25) is 0 Å². The minimum Gasteiger partial charge on any atom is -0.348 e. The largest absolute Gasteiger partial charge is 0.412 e. The Morgan fingerprint density at radius 1 is 1.32 bits per heavy atom. The van der Waals surface area contributed by atoms with Crippen LogP contribution >= 0.6 is 12.2 Å². The standard InChI is InChI=1S/C14H10F6N4S/c1-12(6-10(23-24-12)14(18,19)20)11(25)22-7-3-4-9(21-2)8(5-7)13(15,16)17/h3-5,10H,6H2,1H3,(H,22,25). The van der Waals surface area contributed by atoms with E-state index in [1.54, 1.807) is 0 Å². The van der Waals surface area contributed by atoms with Gasteiger partial charge in [0, 0.05) is 12.1 Å². The SMILES string of the molecule is [C-]#[N+]c1ccc(NC(=S)C2(C)CC(C(F)(F)F)N=N2)cc1C(F)(F)F. The summed E-state index contributed by atoms with van der Waals surface area (Å²) < 4.78 is 76.9. The summed E-state index contributed by atoms with van der Waals surface area (Å²) in [6.45, 7) is 8.08. The smallest absolute Gasteiger partial charge is 0.348 e. The van der Waals surface area contributed by atoms with E-state index in [0.717, 1.165) is 6.07 Å². The highest BCUT2D eigenvalue weighted by molar-refractivity contribution is 7.80. The van der Waals surface area contributed by atoms with E-state index < -0.39 is 41.6 Å². The Kier molecular flexibility index (Phi) is 4.78. The lowest BCUT2D eigenvalue weighted by molar-refractivity contribution is -0.147. The highest BCUT2D eigenvalue weighted by Crippen LogP contribution is 2.40. The van der Waals surface area contributed by atoms with Crippen LogP contribution in [0.1, 0.15) is 18.9 Å². The summed E-state index contributed by atoms with van der Waals surface area (Å²) in [5, 5.41) is 9.17. The Morgan fingerprint density at radius 2 is 1.96 bits per heavy atom. The fraction of sp³-hybridized carbons (Fsp3) is 0.429. The van der Waals surface area contributed by atoms with Crippen LogP contribution in [0.3, 0.4) is 0 Å². The first-order valence-corrected chi connectivity index (χ1v) is 7.16. The fourth-order valence-corrected chi connectivity index (χ4v) is 2.42. The van der Waals surface area contributed by atoms with Crippen LogP contribution in [0.25, 0.3) is 4.85 Å². The van der Waals surface area contributed by atoms with E-state index in [1.807, 2.05) is 0 Å². The Morgan fingerprint density at radius 3 is 2.44 bits per heavy atom. The van der Waals surface area contributed by atoms with Gasteiger partial charge in [-0.2, -0.15) is 36.6 Å². The van der Waals surface area contributed by atoms with Gasteiger partial charge in [0.1, 0.15) is 10.5 Å². The summed E-state index contributed by atoms with van der Waals surface area (Å²) in [5.74, 6) is 0. The maximum Gasteiger partial charge on any atom is 0.412 e. The maximum atomic E-state index is 12.9. The van der Waals surface area contributed by atoms with Gasteiger partial charge in [0.25, 0.3) is 0 Å². The molecule has 2 atom stereocenters. The molecule has 25 heavy (non-hydrogen) atoms. The highest BCUT2D eigenvalue weighted by atomic mass is 32.1. The van der Waals surface area contributed by atoms with Gasteiger partial charge in [-0.3, -0.25) is 0 Å². The zero-order chi connectivity index (χ0) is 19.0. The molecule has 0 aliphatic carbocycles. The molecule has 0 aromatic heterocycles. The van der Waals surface area contributed by atoms with Gasteiger partial charge in [-0.1, -0.05) is 18.3 Å². The molecule has 2 unspecified atom stereocenters. The number of nitrogens with zero attached hydrogens (tertiary/aromatic N) is 3. The molecule has 1 N–H and O–H groups in total. The van der Waals surface area contributed by atoms with Crippen molar-refractivity contribution in [2.75, 3.05) is 5.32 Å². The Bertz CT molecular complexity index is 764. The summed E-state index contributed by atoms with van der Waals surface area (Å²) in [7, 11) is 0. The van der Waals surface area contributed by atoms with Crippen molar-refractivity contribution in [2.24, 2.45) is 10.2 Å². The van der Waals surface area contributed by atoms with Gasteiger partial charge in [-0.15, -0.1) is 0 Å².